The van der Waals surface area contributed by atoms with E-state index in [-0.39, 0.29) is 18.1 Å². The van der Waals surface area contributed by atoms with Crippen LogP contribution in [0.2, 0.25) is 0 Å². The topological polar surface area (TPSA) is 67.4 Å². The van der Waals surface area contributed by atoms with Crippen molar-refractivity contribution in [1.29, 1.82) is 0 Å². The fraction of sp³-hybridized carbons (Fsp3) is 0.364. The van der Waals surface area contributed by atoms with Gasteiger partial charge in [0.05, 0.1) is 12.5 Å². The van der Waals surface area contributed by atoms with Crippen LogP contribution >= 0.6 is 0 Å². The lowest BCUT2D eigenvalue weighted by Gasteiger charge is -2.23. The number of benzene rings is 2. The Labute approximate surface area is 165 Å². The molecule has 150 valence electrons. The molecule has 6 heteroatoms. The van der Waals surface area contributed by atoms with E-state index in [1.165, 1.54) is 12.1 Å². The Morgan fingerprint density at radius 3 is 2.29 bits per heavy atom. The number of amides is 2. The van der Waals surface area contributed by atoms with Crippen molar-refractivity contribution in [2.45, 2.75) is 45.3 Å². The van der Waals surface area contributed by atoms with Gasteiger partial charge in [-0.25, -0.2) is 9.18 Å². The third-order valence-electron chi connectivity index (χ3n) is 3.93. The Morgan fingerprint density at radius 2 is 1.68 bits per heavy atom. The molecule has 0 aliphatic heterocycles. The first-order valence-electron chi connectivity index (χ1n) is 9.28. The van der Waals surface area contributed by atoms with Gasteiger partial charge in [0.15, 0.2) is 0 Å². The summed E-state index contributed by atoms with van der Waals surface area (Å²) in [5.74, 6) is -0.473. The van der Waals surface area contributed by atoms with Gasteiger partial charge in [-0.1, -0.05) is 42.5 Å². The van der Waals surface area contributed by atoms with Crippen molar-refractivity contribution < 1.29 is 18.7 Å². The summed E-state index contributed by atoms with van der Waals surface area (Å²) in [7, 11) is 0. The van der Waals surface area contributed by atoms with Gasteiger partial charge in [-0.2, -0.15) is 0 Å². The summed E-state index contributed by atoms with van der Waals surface area (Å²) in [4.78, 5) is 24.5. The molecule has 2 aromatic carbocycles. The number of halogens is 1. The summed E-state index contributed by atoms with van der Waals surface area (Å²) in [6.07, 6.45) is 0.120. The molecule has 1 unspecified atom stereocenters. The molecular formula is C22H27FN2O3. The second-order valence-electron chi connectivity index (χ2n) is 7.54. The van der Waals surface area contributed by atoms with Crippen molar-refractivity contribution in [3.05, 3.63) is 71.5 Å². The molecule has 28 heavy (non-hydrogen) atoms. The van der Waals surface area contributed by atoms with Gasteiger partial charge in [-0.15, -0.1) is 0 Å². The van der Waals surface area contributed by atoms with E-state index in [0.29, 0.717) is 13.0 Å². The third-order valence-corrected chi connectivity index (χ3v) is 3.93. The van der Waals surface area contributed by atoms with Crippen molar-refractivity contribution >= 4 is 12.0 Å². The number of carbonyl (C=O) groups is 2. The molecule has 0 aromatic heterocycles. The molecule has 0 fully saturated rings. The largest absolute Gasteiger partial charge is 0.444 e. The Kier molecular flexibility index (Phi) is 7.55. The van der Waals surface area contributed by atoms with E-state index in [4.69, 9.17) is 4.74 Å². The lowest BCUT2D eigenvalue weighted by Crippen LogP contribution is -2.37. The average molecular weight is 386 g/mol. The number of nitrogens with one attached hydrogen (secondary N) is 2. The van der Waals surface area contributed by atoms with Crippen molar-refractivity contribution in [1.82, 2.24) is 10.6 Å². The number of carbonyl (C=O) groups excluding carboxylic acids is 2. The predicted octanol–water partition coefficient (Wildman–Crippen LogP) is 4.14. The zero-order valence-electron chi connectivity index (χ0n) is 16.5. The highest BCUT2D eigenvalue weighted by Crippen LogP contribution is 2.18. The second-order valence-corrected chi connectivity index (χ2v) is 7.54. The van der Waals surface area contributed by atoms with Crippen LogP contribution in [0.5, 0.6) is 0 Å². The van der Waals surface area contributed by atoms with E-state index >= 15 is 0 Å². The smallest absolute Gasteiger partial charge is 0.408 e. The molecule has 2 aromatic rings. The van der Waals surface area contributed by atoms with Crippen LogP contribution in [0.25, 0.3) is 0 Å². The first-order chi connectivity index (χ1) is 13.2. The fourth-order valence-electron chi connectivity index (χ4n) is 2.64. The van der Waals surface area contributed by atoms with Crippen LogP contribution in [0, 0.1) is 5.82 Å². The van der Waals surface area contributed by atoms with Gasteiger partial charge in [-0.05, 0) is 50.5 Å². The quantitative estimate of drug-likeness (QED) is 0.751. The second kappa shape index (κ2) is 9.88. The van der Waals surface area contributed by atoms with Crippen LogP contribution in [0.1, 0.15) is 44.4 Å². The first kappa shape index (κ1) is 21.4. The minimum atomic E-state index is -0.622. The number of ether oxygens (including phenoxy) is 1. The predicted molar refractivity (Wildman–Crippen MR) is 106 cm³/mol. The Morgan fingerprint density at radius 1 is 1.04 bits per heavy atom. The molecular weight excluding hydrogens is 359 g/mol. The summed E-state index contributed by atoms with van der Waals surface area (Å²) in [6.45, 7) is 5.78. The number of hydrogen-bond donors (Lipinski definition) is 2. The van der Waals surface area contributed by atoms with Gasteiger partial charge in [-0.3, -0.25) is 4.79 Å². The van der Waals surface area contributed by atoms with Gasteiger partial charge in [0.2, 0.25) is 5.91 Å². The van der Waals surface area contributed by atoms with Crippen LogP contribution in [0.3, 0.4) is 0 Å². The van der Waals surface area contributed by atoms with E-state index in [0.717, 1.165) is 11.1 Å². The Bertz CT molecular complexity index is 771. The monoisotopic (exact) mass is 386 g/mol. The van der Waals surface area contributed by atoms with Crippen LogP contribution in [0.4, 0.5) is 9.18 Å². The zero-order valence-corrected chi connectivity index (χ0v) is 16.5. The van der Waals surface area contributed by atoms with Crippen LogP contribution in [-0.4, -0.2) is 24.1 Å². The number of rotatable bonds is 7. The third kappa shape index (κ3) is 7.78. The molecule has 0 bridgehead atoms. The Hall–Kier alpha value is -2.89. The summed E-state index contributed by atoms with van der Waals surface area (Å²) in [6, 6.07) is 15.0. The van der Waals surface area contributed by atoms with Gasteiger partial charge in [0.1, 0.15) is 11.4 Å². The van der Waals surface area contributed by atoms with E-state index in [1.54, 1.807) is 32.9 Å². The summed E-state index contributed by atoms with van der Waals surface area (Å²) in [5.41, 5.74) is 1.14. The maximum atomic E-state index is 12.9. The fourth-order valence-corrected chi connectivity index (χ4v) is 2.64. The van der Waals surface area contributed by atoms with Crippen molar-refractivity contribution in [3.8, 4) is 0 Å². The minimum Gasteiger partial charge on any atom is -0.444 e. The zero-order chi connectivity index (χ0) is 20.6. The maximum absolute atomic E-state index is 12.9. The molecule has 2 N–H and O–H groups in total. The molecule has 0 saturated heterocycles. The average Bonchev–Trinajstić information content (AvgIpc) is 2.62. The van der Waals surface area contributed by atoms with Gasteiger partial charge in [0.25, 0.3) is 0 Å². The summed E-state index contributed by atoms with van der Waals surface area (Å²) in [5, 5.41) is 5.61. The maximum Gasteiger partial charge on any atom is 0.408 e. The summed E-state index contributed by atoms with van der Waals surface area (Å²) >= 11 is 0. The van der Waals surface area contributed by atoms with E-state index in [2.05, 4.69) is 10.6 Å². The van der Waals surface area contributed by atoms with E-state index in [1.807, 2.05) is 30.3 Å². The lowest BCUT2D eigenvalue weighted by atomic mass is 10.0. The normalized spacial score (nSPS) is 12.1. The molecule has 2 amide bonds. The summed E-state index contributed by atoms with van der Waals surface area (Å²) < 4.78 is 18.2. The molecule has 0 heterocycles. The van der Waals surface area contributed by atoms with Gasteiger partial charge >= 0.3 is 6.09 Å². The van der Waals surface area contributed by atoms with Crippen molar-refractivity contribution in [2.24, 2.45) is 0 Å². The van der Waals surface area contributed by atoms with Crippen LogP contribution < -0.4 is 10.6 Å². The van der Waals surface area contributed by atoms with E-state index < -0.39 is 17.7 Å². The minimum absolute atomic E-state index is 0.0900. The van der Waals surface area contributed by atoms with Gasteiger partial charge in [0, 0.05) is 6.54 Å². The van der Waals surface area contributed by atoms with E-state index in [9.17, 15) is 14.0 Å². The van der Waals surface area contributed by atoms with Crippen molar-refractivity contribution in [2.75, 3.05) is 6.54 Å². The molecule has 0 spiro atoms. The standard InChI is InChI=1S/C22H27FN2O3/c1-22(2,3)28-21(27)25-19(17-7-5-4-6-8-17)15-20(26)24-14-13-16-9-11-18(23)12-10-16/h4-12,19H,13-15H2,1-3H3,(H,24,26)(H,25,27). The SMILES string of the molecule is CC(C)(C)OC(=O)NC(CC(=O)NCCc1ccc(F)cc1)c1ccccc1. The molecule has 5 nitrogen and oxygen atoms in total. The first-order valence-corrected chi connectivity index (χ1v) is 9.28. The van der Waals surface area contributed by atoms with Crippen LogP contribution in [0.15, 0.2) is 54.6 Å². The lowest BCUT2D eigenvalue weighted by molar-refractivity contribution is -0.121. The van der Waals surface area contributed by atoms with Crippen molar-refractivity contribution in [3.63, 3.8) is 0 Å². The molecule has 1 atom stereocenters. The molecule has 0 radical (unpaired) electrons. The highest BCUT2D eigenvalue weighted by molar-refractivity contribution is 5.78. The molecule has 0 saturated carbocycles. The number of alkyl carbamates (subject to hydrolysis) is 1. The molecule has 0 aliphatic rings. The van der Waals surface area contributed by atoms with Gasteiger partial charge < -0.3 is 15.4 Å². The Balaban J connectivity index is 1.92. The molecule has 2 rings (SSSR count). The molecule has 0 aliphatic carbocycles. The highest BCUT2D eigenvalue weighted by atomic mass is 19.1. The van der Waals surface area contributed by atoms with Crippen LogP contribution in [-0.2, 0) is 16.0 Å². The number of hydrogen-bond acceptors (Lipinski definition) is 3. The highest BCUT2D eigenvalue weighted by Gasteiger charge is 2.22.